The van der Waals surface area contributed by atoms with Crippen LogP contribution in [-0.4, -0.2) is 36.8 Å². The van der Waals surface area contributed by atoms with Gasteiger partial charge in [-0.3, -0.25) is 0 Å². The molecule has 0 saturated carbocycles. The molecule has 1 rings (SSSR count). The molecule has 0 saturated heterocycles. The largest absolute Gasteiger partial charge is 0.491 e. The number of ether oxygens (including phenoxy) is 2. The summed E-state index contributed by atoms with van der Waals surface area (Å²) in [7, 11) is 0. The van der Waals surface area contributed by atoms with Gasteiger partial charge in [-0.05, 0) is 12.1 Å². The van der Waals surface area contributed by atoms with Crippen molar-refractivity contribution in [2.24, 2.45) is 0 Å². The Bertz CT molecular complexity index is 253. The van der Waals surface area contributed by atoms with E-state index in [-0.39, 0.29) is 0 Å². The Morgan fingerprint density at radius 1 is 1.20 bits per heavy atom. The van der Waals surface area contributed by atoms with Gasteiger partial charge in [-0.2, -0.15) is 12.6 Å². The molecular weight excluding hydrogens is 212 g/mol. The number of benzene rings is 1. The number of aliphatic hydroxyl groups excluding tert-OH is 1. The second-order valence-corrected chi connectivity index (χ2v) is 3.44. The van der Waals surface area contributed by atoms with E-state index in [4.69, 9.17) is 14.6 Å². The zero-order valence-corrected chi connectivity index (χ0v) is 9.40. The minimum atomic E-state index is -0.495. The fourth-order valence-electron chi connectivity index (χ4n) is 1.01. The lowest BCUT2D eigenvalue weighted by Gasteiger charge is -2.09. The highest BCUT2D eigenvalue weighted by Gasteiger charge is 2.00. The van der Waals surface area contributed by atoms with Gasteiger partial charge in [-0.1, -0.05) is 18.2 Å². The van der Waals surface area contributed by atoms with Crippen LogP contribution in [-0.2, 0) is 4.74 Å². The zero-order chi connectivity index (χ0) is 10.9. The molecule has 15 heavy (non-hydrogen) atoms. The molecule has 3 nitrogen and oxygen atoms in total. The van der Waals surface area contributed by atoms with E-state index in [0.717, 1.165) is 5.75 Å². The van der Waals surface area contributed by atoms with Crippen molar-refractivity contribution in [3.05, 3.63) is 30.3 Å². The zero-order valence-electron chi connectivity index (χ0n) is 8.50. The molecule has 1 N–H and O–H groups in total. The highest BCUT2D eigenvalue weighted by Crippen LogP contribution is 2.07. The molecule has 84 valence electrons. The Hall–Kier alpha value is -0.710. The minimum absolute atomic E-state index is 0.307. The average molecular weight is 228 g/mol. The maximum atomic E-state index is 9.13. The minimum Gasteiger partial charge on any atom is -0.491 e. The van der Waals surface area contributed by atoms with Crippen LogP contribution < -0.4 is 4.74 Å². The summed E-state index contributed by atoms with van der Waals surface area (Å²) < 4.78 is 10.6. The predicted molar refractivity (Wildman–Crippen MR) is 62.6 cm³/mol. The summed E-state index contributed by atoms with van der Waals surface area (Å²) in [6, 6.07) is 9.55. The summed E-state index contributed by atoms with van der Waals surface area (Å²) in [4.78, 5) is 0. The average Bonchev–Trinajstić information content (AvgIpc) is 2.29. The van der Waals surface area contributed by atoms with Crippen molar-refractivity contribution in [3.8, 4) is 5.75 Å². The molecule has 0 amide bonds. The predicted octanol–water partition coefficient (Wildman–Crippen LogP) is 1.37. The molecule has 0 aromatic heterocycles. The first kappa shape index (κ1) is 12.4. The van der Waals surface area contributed by atoms with Crippen molar-refractivity contribution >= 4 is 12.6 Å². The molecule has 0 heterocycles. The summed E-state index contributed by atoms with van der Waals surface area (Å²) in [5, 5.41) is 9.13. The summed E-state index contributed by atoms with van der Waals surface area (Å²) in [5.41, 5.74) is 0. The van der Waals surface area contributed by atoms with E-state index in [1.165, 1.54) is 0 Å². The van der Waals surface area contributed by atoms with Gasteiger partial charge in [0.25, 0.3) is 0 Å². The fourth-order valence-corrected chi connectivity index (χ4v) is 1.11. The van der Waals surface area contributed by atoms with Crippen molar-refractivity contribution in [2.45, 2.75) is 6.10 Å². The van der Waals surface area contributed by atoms with E-state index in [9.17, 15) is 0 Å². The Morgan fingerprint density at radius 2 is 1.93 bits per heavy atom. The first-order valence-corrected chi connectivity index (χ1v) is 5.50. The third-order valence-corrected chi connectivity index (χ3v) is 2.18. The van der Waals surface area contributed by atoms with E-state index in [2.05, 4.69) is 12.6 Å². The molecular formula is C11H16O3S. The van der Waals surface area contributed by atoms with Gasteiger partial charge in [-0.25, -0.2) is 0 Å². The lowest BCUT2D eigenvalue weighted by molar-refractivity contribution is 0.0350. The summed E-state index contributed by atoms with van der Waals surface area (Å²) in [6.07, 6.45) is -0.495. The van der Waals surface area contributed by atoms with Gasteiger partial charge in [0.1, 0.15) is 12.4 Å². The van der Waals surface area contributed by atoms with Crippen molar-refractivity contribution in [3.63, 3.8) is 0 Å². The number of aliphatic hydroxyl groups is 1. The molecule has 1 unspecified atom stereocenters. The fraction of sp³-hybridized carbons (Fsp3) is 0.455. The van der Waals surface area contributed by atoms with E-state index in [1.807, 2.05) is 30.3 Å². The number of rotatable bonds is 7. The lowest BCUT2D eigenvalue weighted by atomic mass is 10.3. The maximum Gasteiger partial charge on any atom is 0.119 e. The normalized spacial score (nSPS) is 12.4. The third-order valence-electron chi connectivity index (χ3n) is 1.76. The highest BCUT2D eigenvalue weighted by atomic mass is 32.1. The lowest BCUT2D eigenvalue weighted by Crippen LogP contribution is -2.19. The van der Waals surface area contributed by atoms with Crippen molar-refractivity contribution in [1.82, 2.24) is 0 Å². The second kappa shape index (κ2) is 7.56. The summed E-state index contributed by atoms with van der Waals surface area (Å²) >= 11 is 3.94. The van der Waals surface area contributed by atoms with E-state index in [0.29, 0.717) is 25.6 Å². The molecule has 0 bridgehead atoms. The Morgan fingerprint density at radius 3 is 2.60 bits per heavy atom. The van der Waals surface area contributed by atoms with Crippen LogP contribution >= 0.6 is 12.6 Å². The first-order chi connectivity index (χ1) is 7.33. The van der Waals surface area contributed by atoms with E-state index < -0.39 is 6.10 Å². The van der Waals surface area contributed by atoms with Gasteiger partial charge in [0.05, 0.1) is 19.3 Å². The van der Waals surface area contributed by atoms with Crippen LogP contribution in [0.15, 0.2) is 30.3 Å². The van der Waals surface area contributed by atoms with Crippen molar-refractivity contribution < 1.29 is 14.6 Å². The van der Waals surface area contributed by atoms with Crippen LogP contribution in [0.5, 0.6) is 5.75 Å². The molecule has 0 spiro atoms. The molecule has 1 atom stereocenters. The molecule has 0 fully saturated rings. The van der Waals surface area contributed by atoms with Crippen LogP contribution in [0, 0.1) is 0 Å². The summed E-state index contributed by atoms with van der Waals surface area (Å²) in [5.74, 6) is 1.25. The Balaban J connectivity index is 2.03. The third kappa shape index (κ3) is 5.67. The molecule has 0 aliphatic carbocycles. The highest BCUT2D eigenvalue weighted by molar-refractivity contribution is 7.80. The molecule has 4 heteroatoms. The van der Waals surface area contributed by atoms with Gasteiger partial charge in [0, 0.05) is 5.75 Å². The Labute approximate surface area is 95.4 Å². The van der Waals surface area contributed by atoms with E-state index >= 15 is 0 Å². The molecule has 0 aliphatic heterocycles. The van der Waals surface area contributed by atoms with Gasteiger partial charge >= 0.3 is 0 Å². The number of hydrogen-bond acceptors (Lipinski definition) is 4. The van der Waals surface area contributed by atoms with Gasteiger partial charge in [0.15, 0.2) is 0 Å². The van der Waals surface area contributed by atoms with Crippen molar-refractivity contribution in [1.29, 1.82) is 0 Å². The molecule has 1 aromatic carbocycles. The second-order valence-electron chi connectivity index (χ2n) is 3.07. The molecule has 0 aliphatic rings. The topological polar surface area (TPSA) is 38.7 Å². The summed E-state index contributed by atoms with van der Waals surface area (Å²) in [6.45, 7) is 1.27. The smallest absolute Gasteiger partial charge is 0.119 e. The van der Waals surface area contributed by atoms with Crippen molar-refractivity contribution in [2.75, 3.05) is 25.6 Å². The number of para-hydroxylation sites is 1. The van der Waals surface area contributed by atoms with Crippen LogP contribution in [0.3, 0.4) is 0 Å². The standard InChI is InChI=1S/C11H16O3S/c12-10(9-15)8-13-6-7-14-11-4-2-1-3-5-11/h1-5,10,12,15H,6-9H2. The SMILES string of the molecule is OC(CS)COCCOc1ccccc1. The molecule has 1 aromatic rings. The van der Waals surface area contributed by atoms with Crippen LogP contribution in [0.1, 0.15) is 0 Å². The van der Waals surface area contributed by atoms with E-state index in [1.54, 1.807) is 0 Å². The van der Waals surface area contributed by atoms with Crippen LogP contribution in [0.2, 0.25) is 0 Å². The first-order valence-electron chi connectivity index (χ1n) is 4.87. The van der Waals surface area contributed by atoms with Gasteiger partial charge in [-0.15, -0.1) is 0 Å². The number of thiol groups is 1. The maximum absolute atomic E-state index is 9.13. The quantitative estimate of drug-likeness (QED) is 0.547. The van der Waals surface area contributed by atoms with Gasteiger partial charge < -0.3 is 14.6 Å². The Kier molecular flexibility index (Phi) is 6.23. The number of hydrogen-bond donors (Lipinski definition) is 2. The molecule has 0 radical (unpaired) electrons. The monoisotopic (exact) mass is 228 g/mol. The van der Waals surface area contributed by atoms with Crippen LogP contribution in [0.25, 0.3) is 0 Å². The van der Waals surface area contributed by atoms with Crippen LogP contribution in [0.4, 0.5) is 0 Å². The van der Waals surface area contributed by atoms with Gasteiger partial charge in [0.2, 0.25) is 0 Å².